The van der Waals surface area contributed by atoms with Gasteiger partial charge in [0.1, 0.15) is 25.0 Å². The first kappa shape index (κ1) is 18.3. The van der Waals surface area contributed by atoms with E-state index in [4.69, 9.17) is 5.11 Å². The first-order valence-corrected chi connectivity index (χ1v) is 9.35. The maximum absolute atomic E-state index is 12.7. The molecule has 1 aliphatic rings. The van der Waals surface area contributed by atoms with Crippen molar-refractivity contribution in [2.75, 3.05) is 13.1 Å². The van der Waals surface area contributed by atoms with Crippen molar-refractivity contribution in [1.82, 2.24) is 34.4 Å². The summed E-state index contributed by atoms with van der Waals surface area (Å²) in [5, 5.41) is 21.9. The van der Waals surface area contributed by atoms with E-state index in [-0.39, 0.29) is 18.4 Å². The molecule has 1 saturated heterocycles. The normalized spacial score (nSPS) is 15.1. The fraction of sp³-hybridized carbons (Fsp3) is 0.421. The molecule has 0 aliphatic carbocycles. The molecule has 28 heavy (non-hydrogen) atoms. The lowest BCUT2D eigenvalue weighted by molar-refractivity contribution is 0.0710. The Hall–Kier alpha value is -3.07. The van der Waals surface area contributed by atoms with Gasteiger partial charge in [-0.05, 0) is 30.5 Å². The molecule has 0 atom stereocenters. The number of carbonyl (C=O) groups is 1. The molecule has 0 spiro atoms. The number of hydrogen-bond donors (Lipinski definition) is 1. The van der Waals surface area contributed by atoms with Crippen LogP contribution in [0.25, 0.3) is 0 Å². The van der Waals surface area contributed by atoms with Gasteiger partial charge in [-0.1, -0.05) is 12.1 Å². The Morgan fingerprint density at radius 1 is 1.18 bits per heavy atom. The van der Waals surface area contributed by atoms with E-state index < -0.39 is 0 Å². The van der Waals surface area contributed by atoms with Crippen LogP contribution in [0.15, 0.2) is 36.9 Å². The lowest BCUT2D eigenvalue weighted by atomic mass is 9.95. The summed E-state index contributed by atoms with van der Waals surface area (Å²) in [4.78, 5) is 18.5. The van der Waals surface area contributed by atoms with Gasteiger partial charge in [-0.2, -0.15) is 5.10 Å². The Morgan fingerprint density at radius 3 is 2.57 bits per heavy atom. The SMILES string of the molecule is Cn1c(Cn2cncn2)nnc1C1CCN(C(=O)c2ccc(CO)cc2)CC1. The highest BCUT2D eigenvalue weighted by Crippen LogP contribution is 2.27. The number of nitrogens with zero attached hydrogens (tertiary/aromatic N) is 7. The van der Waals surface area contributed by atoms with Crippen molar-refractivity contribution in [2.24, 2.45) is 7.05 Å². The van der Waals surface area contributed by atoms with E-state index in [0.717, 1.165) is 30.1 Å². The minimum absolute atomic E-state index is 0.0174. The van der Waals surface area contributed by atoms with E-state index in [1.54, 1.807) is 35.3 Å². The minimum atomic E-state index is -0.0174. The quantitative estimate of drug-likeness (QED) is 0.706. The van der Waals surface area contributed by atoms with Crippen LogP contribution in [0.3, 0.4) is 0 Å². The molecular formula is C19H23N7O2. The minimum Gasteiger partial charge on any atom is -0.392 e. The second-order valence-corrected chi connectivity index (χ2v) is 7.05. The number of benzene rings is 1. The second-order valence-electron chi connectivity index (χ2n) is 7.05. The molecule has 1 aromatic carbocycles. The van der Waals surface area contributed by atoms with Crippen molar-refractivity contribution in [3.8, 4) is 0 Å². The van der Waals surface area contributed by atoms with Gasteiger partial charge in [0.25, 0.3) is 5.91 Å². The second kappa shape index (κ2) is 7.89. The average molecular weight is 381 g/mol. The van der Waals surface area contributed by atoms with Crippen LogP contribution >= 0.6 is 0 Å². The van der Waals surface area contributed by atoms with Gasteiger partial charge in [0, 0.05) is 31.6 Å². The van der Waals surface area contributed by atoms with Gasteiger partial charge < -0.3 is 14.6 Å². The number of rotatable bonds is 5. The van der Waals surface area contributed by atoms with Crippen LogP contribution in [0, 0.1) is 0 Å². The topological polar surface area (TPSA) is 102 Å². The van der Waals surface area contributed by atoms with Gasteiger partial charge in [-0.15, -0.1) is 10.2 Å². The van der Waals surface area contributed by atoms with Crippen LogP contribution < -0.4 is 0 Å². The summed E-state index contributed by atoms with van der Waals surface area (Å²) in [5.41, 5.74) is 1.46. The van der Waals surface area contributed by atoms with Gasteiger partial charge in [0.05, 0.1) is 6.61 Å². The highest BCUT2D eigenvalue weighted by Gasteiger charge is 2.28. The maximum Gasteiger partial charge on any atom is 0.253 e. The van der Waals surface area contributed by atoms with Crippen LogP contribution in [0.5, 0.6) is 0 Å². The fourth-order valence-electron chi connectivity index (χ4n) is 3.60. The van der Waals surface area contributed by atoms with E-state index in [1.807, 2.05) is 16.5 Å². The van der Waals surface area contributed by atoms with Crippen molar-refractivity contribution < 1.29 is 9.90 Å². The molecule has 9 nitrogen and oxygen atoms in total. The van der Waals surface area contributed by atoms with Gasteiger partial charge in [-0.3, -0.25) is 4.79 Å². The summed E-state index contributed by atoms with van der Waals surface area (Å²) in [5.74, 6) is 2.10. The molecule has 1 fully saturated rings. The van der Waals surface area contributed by atoms with E-state index in [2.05, 4.69) is 20.3 Å². The van der Waals surface area contributed by atoms with Gasteiger partial charge in [-0.25, -0.2) is 9.67 Å². The lowest BCUT2D eigenvalue weighted by Crippen LogP contribution is -2.38. The van der Waals surface area contributed by atoms with E-state index in [9.17, 15) is 4.79 Å². The molecule has 3 aromatic rings. The van der Waals surface area contributed by atoms with Crippen LogP contribution in [0.1, 0.15) is 46.3 Å². The largest absolute Gasteiger partial charge is 0.392 e. The standard InChI is InChI=1S/C19H23N7O2/c1-24-17(10-26-13-20-12-21-26)22-23-18(24)15-6-8-25(9-7-15)19(28)16-4-2-14(11-27)3-5-16/h2-5,12-13,15,27H,6-11H2,1H3. The highest BCUT2D eigenvalue weighted by molar-refractivity contribution is 5.94. The summed E-state index contributed by atoms with van der Waals surface area (Å²) in [7, 11) is 1.97. The molecule has 146 valence electrons. The third-order valence-corrected chi connectivity index (χ3v) is 5.30. The number of piperidine rings is 1. The number of aromatic nitrogens is 6. The number of likely N-dealkylation sites (tertiary alicyclic amines) is 1. The average Bonchev–Trinajstić information content (AvgIpc) is 3.38. The molecule has 0 saturated carbocycles. The Kier molecular flexibility index (Phi) is 5.16. The number of aliphatic hydroxyl groups excluding tert-OH is 1. The predicted molar refractivity (Wildman–Crippen MR) is 100 cm³/mol. The molecule has 1 aliphatic heterocycles. The lowest BCUT2D eigenvalue weighted by Gasteiger charge is -2.31. The molecule has 3 heterocycles. The molecule has 1 amide bonds. The number of carbonyl (C=O) groups excluding carboxylic acids is 1. The van der Waals surface area contributed by atoms with Crippen molar-refractivity contribution in [3.05, 3.63) is 59.7 Å². The molecule has 4 rings (SSSR count). The summed E-state index contributed by atoms with van der Waals surface area (Å²) < 4.78 is 3.74. The Balaban J connectivity index is 1.38. The first-order chi connectivity index (χ1) is 13.7. The zero-order chi connectivity index (χ0) is 19.5. The van der Waals surface area contributed by atoms with Crippen molar-refractivity contribution in [1.29, 1.82) is 0 Å². The van der Waals surface area contributed by atoms with Crippen LogP contribution in [0.4, 0.5) is 0 Å². The summed E-state index contributed by atoms with van der Waals surface area (Å²) in [6.45, 7) is 1.90. The molecule has 9 heteroatoms. The molecule has 0 bridgehead atoms. The van der Waals surface area contributed by atoms with Crippen molar-refractivity contribution >= 4 is 5.91 Å². The van der Waals surface area contributed by atoms with Crippen molar-refractivity contribution in [3.63, 3.8) is 0 Å². The molecule has 2 aromatic heterocycles. The van der Waals surface area contributed by atoms with E-state index >= 15 is 0 Å². The molecule has 0 unspecified atom stereocenters. The van der Waals surface area contributed by atoms with Gasteiger partial charge in [0.15, 0.2) is 5.82 Å². The number of aliphatic hydroxyl groups is 1. The third-order valence-electron chi connectivity index (χ3n) is 5.30. The zero-order valence-corrected chi connectivity index (χ0v) is 15.8. The van der Waals surface area contributed by atoms with Gasteiger partial charge in [0.2, 0.25) is 0 Å². The van der Waals surface area contributed by atoms with Crippen molar-refractivity contribution in [2.45, 2.75) is 31.9 Å². The molecule has 1 N–H and O–H groups in total. The Labute approximate surface area is 162 Å². The number of hydrogen-bond acceptors (Lipinski definition) is 6. The summed E-state index contributed by atoms with van der Waals surface area (Å²) in [6, 6.07) is 7.13. The zero-order valence-electron chi connectivity index (χ0n) is 15.8. The van der Waals surface area contributed by atoms with Gasteiger partial charge >= 0.3 is 0 Å². The predicted octanol–water partition coefficient (Wildman–Crippen LogP) is 0.967. The Morgan fingerprint density at radius 2 is 1.93 bits per heavy atom. The third kappa shape index (κ3) is 3.65. The Bertz CT molecular complexity index is 926. The molecule has 0 radical (unpaired) electrons. The summed E-state index contributed by atoms with van der Waals surface area (Å²) in [6.07, 6.45) is 4.87. The van der Waals surface area contributed by atoms with E-state index in [1.165, 1.54) is 6.33 Å². The van der Waals surface area contributed by atoms with E-state index in [0.29, 0.717) is 25.2 Å². The number of amides is 1. The highest BCUT2D eigenvalue weighted by atomic mass is 16.3. The summed E-state index contributed by atoms with van der Waals surface area (Å²) >= 11 is 0. The first-order valence-electron chi connectivity index (χ1n) is 9.35. The molecular weight excluding hydrogens is 358 g/mol. The van der Waals surface area contributed by atoms with Crippen LogP contribution in [-0.2, 0) is 20.2 Å². The van der Waals surface area contributed by atoms with Crippen LogP contribution in [0.2, 0.25) is 0 Å². The fourth-order valence-corrected chi connectivity index (χ4v) is 3.60. The smallest absolute Gasteiger partial charge is 0.253 e. The van der Waals surface area contributed by atoms with Crippen LogP contribution in [-0.4, -0.2) is 58.5 Å². The maximum atomic E-state index is 12.7. The monoisotopic (exact) mass is 381 g/mol.